The molecule has 8 nitrogen and oxygen atoms in total. The lowest BCUT2D eigenvalue weighted by Gasteiger charge is -2.17. The molecule has 2 aromatic carbocycles. The molecule has 2 amide bonds. The van der Waals surface area contributed by atoms with Crippen molar-refractivity contribution >= 4 is 34.4 Å². The van der Waals surface area contributed by atoms with Crippen molar-refractivity contribution in [3.8, 4) is 11.1 Å². The third-order valence-corrected chi connectivity index (χ3v) is 7.78. The van der Waals surface area contributed by atoms with Gasteiger partial charge < -0.3 is 15.2 Å². The van der Waals surface area contributed by atoms with E-state index in [9.17, 15) is 19.5 Å². The van der Waals surface area contributed by atoms with Gasteiger partial charge >= 0.3 is 12.1 Å². The lowest BCUT2D eigenvalue weighted by molar-refractivity contribution is -0.142. The van der Waals surface area contributed by atoms with Gasteiger partial charge in [0.15, 0.2) is 5.13 Å². The molecule has 2 aliphatic carbocycles. The van der Waals surface area contributed by atoms with E-state index in [0.29, 0.717) is 23.4 Å². The number of amides is 2. The molecule has 3 N–H and O–H groups in total. The average Bonchev–Trinajstić information content (AvgIpc) is 3.53. The van der Waals surface area contributed by atoms with Crippen molar-refractivity contribution in [1.29, 1.82) is 0 Å². The fourth-order valence-corrected chi connectivity index (χ4v) is 5.90. The summed E-state index contributed by atoms with van der Waals surface area (Å²) >= 11 is 1.04. The van der Waals surface area contributed by atoms with E-state index >= 15 is 0 Å². The Hall–Kier alpha value is -3.72. The summed E-state index contributed by atoms with van der Waals surface area (Å²) < 4.78 is 5.55. The van der Waals surface area contributed by atoms with Gasteiger partial charge in [0, 0.05) is 12.0 Å². The smallest absolute Gasteiger partial charge is 0.413 e. The fraction of sp³-hybridized carbons (Fsp3) is 0.308. The van der Waals surface area contributed by atoms with Gasteiger partial charge in [-0.25, -0.2) is 9.78 Å². The highest BCUT2D eigenvalue weighted by Crippen LogP contribution is 2.44. The first-order chi connectivity index (χ1) is 16.9. The fourth-order valence-electron chi connectivity index (χ4n) is 5.04. The summed E-state index contributed by atoms with van der Waals surface area (Å²) in [5, 5.41) is 15.0. The molecule has 2 atom stereocenters. The van der Waals surface area contributed by atoms with Gasteiger partial charge in [-0.05, 0) is 42.0 Å². The summed E-state index contributed by atoms with van der Waals surface area (Å²) in [7, 11) is 0. The van der Waals surface area contributed by atoms with Crippen molar-refractivity contribution in [2.45, 2.75) is 38.1 Å². The van der Waals surface area contributed by atoms with Crippen LogP contribution in [0.1, 0.15) is 51.7 Å². The van der Waals surface area contributed by atoms with E-state index in [1.165, 1.54) is 0 Å². The van der Waals surface area contributed by atoms with Gasteiger partial charge in [-0.15, -0.1) is 0 Å². The standard InChI is InChI=1S/C26H25N3O5S/c1-14-22(23(30)28-21-12-6-11-19(21)24(31)32)35-25(27-14)29-26(33)34-13-20-17-9-4-2-7-15(17)16-8-3-5-10-18(16)20/h2-5,7-10,19-21H,6,11-13H2,1H3,(H,28,30)(H,31,32)(H,27,29,33)/t19-,21+/m1/s1. The van der Waals surface area contributed by atoms with E-state index in [2.05, 4.69) is 39.9 Å². The number of carbonyl (C=O) groups excluding carboxylic acids is 2. The van der Waals surface area contributed by atoms with Gasteiger partial charge in [0.1, 0.15) is 11.5 Å². The Bertz CT molecular complexity index is 1260. The van der Waals surface area contributed by atoms with Crippen LogP contribution in [-0.4, -0.2) is 40.7 Å². The minimum atomic E-state index is -0.897. The number of aromatic nitrogens is 1. The van der Waals surface area contributed by atoms with Gasteiger partial charge in [-0.3, -0.25) is 14.9 Å². The zero-order chi connectivity index (χ0) is 24.5. The average molecular weight is 492 g/mol. The van der Waals surface area contributed by atoms with Crippen LogP contribution in [0.2, 0.25) is 0 Å². The van der Waals surface area contributed by atoms with Gasteiger partial charge in [0.25, 0.3) is 5.91 Å². The summed E-state index contributed by atoms with van der Waals surface area (Å²) in [4.78, 5) is 41.3. The molecule has 9 heteroatoms. The van der Waals surface area contributed by atoms with E-state index in [0.717, 1.165) is 40.0 Å². The molecule has 3 aromatic rings. The molecule has 0 spiro atoms. The topological polar surface area (TPSA) is 118 Å². The van der Waals surface area contributed by atoms with Crippen LogP contribution >= 0.6 is 11.3 Å². The van der Waals surface area contributed by atoms with Crippen molar-refractivity contribution in [1.82, 2.24) is 10.3 Å². The van der Waals surface area contributed by atoms with E-state index in [4.69, 9.17) is 4.74 Å². The lowest BCUT2D eigenvalue weighted by Crippen LogP contribution is -2.40. The minimum absolute atomic E-state index is 0.0545. The number of fused-ring (bicyclic) bond motifs is 3. The Morgan fingerprint density at radius 1 is 1.06 bits per heavy atom. The maximum Gasteiger partial charge on any atom is 0.413 e. The van der Waals surface area contributed by atoms with E-state index < -0.39 is 24.0 Å². The Kier molecular flexibility index (Phi) is 6.25. The number of nitrogens with zero attached hydrogens (tertiary/aromatic N) is 1. The highest BCUT2D eigenvalue weighted by Gasteiger charge is 2.35. The largest absolute Gasteiger partial charge is 0.481 e. The van der Waals surface area contributed by atoms with Gasteiger partial charge in [-0.1, -0.05) is 66.3 Å². The first kappa shape index (κ1) is 23.0. The highest BCUT2D eigenvalue weighted by molar-refractivity contribution is 7.17. The second-order valence-corrected chi connectivity index (χ2v) is 9.84. The number of ether oxygens (including phenoxy) is 1. The van der Waals surface area contributed by atoms with E-state index in [1.54, 1.807) is 6.92 Å². The monoisotopic (exact) mass is 491 g/mol. The molecule has 1 aromatic heterocycles. The summed E-state index contributed by atoms with van der Waals surface area (Å²) in [5.74, 6) is -1.91. The lowest BCUT2D eigenvalue weighted by atomic mass is 9.98. The highest BCUT2D eigenvalue weighted by atomic mass is 32.1. The van der Waals surface area contributed by atoms with Crippen molar-refractivity contribution in [2.75, 3.05) is 11.9 Å². The van der Waals surface area contributed by atoms with Crippen LogP contribution < -0.4 is 10.6 Å². The Morgan fingerprint density at radius 3 is 2.37 bits per heavy atom. The predicted octanol–water partition coefficient (Wildman–Crippen LogP) is 4.80. The number of aliphatic carboxylic acids is 1. The van der Waals surface area contributed by atoms with Gasteiger partial charge in [0.2, 0.25) is 0 Å². The Morgan fingerprint density at radius 2 is 1.71 bits per heavy atom. The van der Waals surface area contributed by atoms with Crippen LogP contribution in [0.15, 0.2) is 48.5 Å². The molecule has 0 unspecified atom stereocenters. The van der Waals surface area contributed by atoms with Gasteiger partial charge in [0.05, 0.1) is 11.6 Å². The van der Waals surface area contributed by atoms with Crippen LogP contribution in [0.5, 0.6) is 0 Å². The van der Waals surface area contributed by atoms with Crippen molar-refractivity contribution in [2.24, 2.45) is 5.92 Å². The number of carbonyl (C=O) groups is 3. The number of hydrogen-bond donors (Lipinski definition) is 3. The number of carboxylic acid groups (broad SMARTS) is 1. The number of nitrogens with one attached hydrogen (secondary N) is 2. The molecule has 180 valence electrons. The Labute approximate surface area is 206 Å². The van der Waals surface area contributed by atoms with Crippen LogP contribution in [0, 0.1) is 12.8 Å². The first-order valence-electron chi connectivity index (χ1n) is 11.6. The number of hydrogen-bond acceptors (Lipinski definition) is 6. The molecular formula is C26H25N3O5S. The molecule has 35 heavy (non-hydrogen) atoms. The molecule has 1 saturated carbocycles. The van der Waals surface area contributed by atoms with Crippen LogP contribution in [0.4, 0.5) is 9.93 Å². The van der Waals surface area contributed by atoms with Crippen molar-refractivity contribution < 1.29 is 24.2 Å². The molecule has 0 saturated heterocycles. The summed E-state index contributed by atoms with van der Waals surface area (Å²) in [6.45, 7) is 1.85. The normalized spacial score (nSPS) is 18.5. The Balaban J connectivity index is 1.22. The number of benzene rings is 2. The maximum atomic E-state index is 12.7. The zero-order valence-corrected chi connectivity index (χ0v) is 19.9. The summed E-state index contributed by atoms with van der Waals surface area (Å²) in [6, 6.07) is 15.8. The molecule has 0 aliphatic heterocycles. The maximum absolute atomic E-state index is 12.7. The van der Waals surface area contributed by atoms with Crippen LogP contribution in [-0.2, 0) is 9.53 Å². The molecule has 5 rings (SSSR count). The molecule has 1 fully saturated rings. The van der Waals surface area contributed by atoms with Gasteiger partial charge in [-0.2, -0.15) is 0 Å². The number of rotatable bonds is 6. The minimum Gasteiger partial charge on any atom is -0.481 e. The van der Waals surface area contributed by atoms with E-state index in [-0.39, 0.29) is 23.6 Å². The quantitative estimate of drug-likeness (QED) is 0.456. The number of anilines is 1. The number of carboxylic acids is 1. The van der Waals surface area contributed by atoms with Crippen LogP contribution in [0.3, 0.4) is 0 Å². The van der Waals surface area contributed by atoms with E-state index in [1.807, 2.05) is 24.3 Å². The number of thiazole rings is 1. The van der Waals surface area contributed by atoms with Crippen molar-refractivity contribution in [3.63, 3.8) is 0 Å². The molecule has 1 heterocycles. The third kappa shape index (κ3) is 4.51. The predicted molar refractivity (Wildman–Crippen MR) is 132 cm³/mol. The SMILES string of the molecule is Cc1nc(NC(=O)OCC2c3ccccc3-c3ccccc32)sc1C(=O)N[C@H]1CCC[C@H]1C(=O)O. The second kappa shape index (κ2) is 9.50. The van der Waals surface area contributed by atoms with Crippen molar-refractivity contribution in [3.05, 3.63) is 70.2 Å². The number of aryl methyl sites for hydroxylation is 1. The summed E-state index contributed by atoms with van der Waals surface area (Å²) in [6.07, 6.45) is 1.30. The summed E-state index contributed by atoms with van der Waals surface area (Å²) in [5.41, 5.74) is 5.01. The van der Waals surface area contributed by atoms with Crippen LogP contribution in [0.25, 0.3) is 11.1 Å². The first-order valence-corrected chi connectivity index (χ1v) is 12.4. The molecule has 0 bridgehead atoms. The molecule has 2 aliphatic rings. The third-order valence-electron chi connectivity index (χ3n) is 6.71. The molecular weight excluding hydrogens is 466 g/mol. The molecule has 0 radical (unpaired) electrons. The zero-order valence-electron chi connectivity index (χ0n) is 19.1. The second-order valence-electron chi connectivity index (χ2n) is 8.84.